The number of likely N-dealkylation sites (N-methyl/N-ethyl adjacent to an activating group) is 1. The molecule has 0 aliphatic heterocycles. The molecule has 1 rings (SSSR count). The van der Waals surface area contributed by atoms with E-state index in [1.165, 1.54) is 0 Å². The molecule has 1 aromatic rings. The second-order valence-electron chi connectivity index (χ2n) is 5.51. The predicted octanol–water partition coefficient (Wildman–Crippen LogP) is 2.85. The summed E-state index contributed by atoms with van der Waals surface area (Å²) >= 11 is 0. The minimum atomic E-state index is -0.509. The van der Waals surface area contributed by atoms with Crippen molar-refractivity contribution in [3.63, 3.8) is 0 Å². The van der Waals surface area contributed by atoms with E-state index in [9.17, 15) is 9.59 Å². The molecule has 3 amide bonds. The van der Waals surface area contributed by atoms with E-state index >= 15 is 0 Å². The standard InChI is InChI=1S/C17H25N3O2/c1-6-20(10-12(2)3)11-16(21)19-17(22)18-15-9-7-8-13(4)14(15)5/h7-9H,2,6,10-11H2,1,3-5H3,(H2,18,19,21,22). The van der Waals surface area contributed by atoms with Gasteiger partial charge in [0.1, 0.15) is 0 Å². The van der Waals surface area contributed by atoms with Gasteiger partial charge < -0.3 is 5.32 Å². The molecule has 0 aliphatic rings. The van der Waals surface area contributed by atoms with Crippen molar-refractivity contribution in [3.05, 3.63) is 41.5 Å². The third kappa shape index (κ3) is 5.69. The number of carbonyl (C=O) groups excluding carboxylic acids is 2. The molecule has 0 unspecified atom stereocenters. The van der Waals surface area contributed by atoms with E-state index in [0.717, 1.165) is 23.2 Å². The molecule has 22 heavy (non-hydrogen) atoms. The number of nitrogens with zero attached hydrogens (tertiary/aromatic N) is 1. The molecule has 0 aliphatic carbocycles. The summed E-state index contributed by atoms with van der Waals surface area (Å²) in [6.07, 6.45) is 0. The molecule has 2 N–H and O–H groups in total. The van der Waals surface area contributed by atoms with E-state index in [-0.39, 0.29) is 12.5 Å². The maximum absolute atomic E-state index is 11.9. The Balaban J connectivity index is 2.55. The molecule has 120 valence electrons. The zero-order valence-corrected chi connectivity index (χ0v) is 13.8. The van der Waals surface area contributed by atoms with E-state index < -0.39 is 6.03 Å². The topological polar surface area (TPSA) is 61.4 Å². The van der Waals surface area contributed by atoms with Crippen molar-refractivity contribution in [2.75, 3.05) is 25.0 Å². The van der Waals surface area contributed by atoms with Gasteiger partial charge in [-0.05, 0) is 44.5 Å². The van der Waals surface area contributed by atoms with Crippen LogP contribution in [0.4, 0.5) is 10.5 Å². The lowest BCUT2D eigenvalue weighted by Gasteiger charge is -2.19. The summed E-state index contributed by atoms with van der Waals surface area (Å²) in [6.45, 7) is 13.1. The summed E-state index contributed by atoms with van der Waals surface area (Å²) in [5.41, 5.74) is 3.76. The van der Waals surface area contributed by atoms with E-state index in [0.29, 0.717) is 12.2 Å². The summed E-state index contributed by atoms with van der Waals surface area (Å²) in [4.78, 5) is 25.7. The normalized spacial score (nSPS) is 10.4. The minimum absolute atomic E-state index is 0.170. The van der Waals surface area contributed by atoms with Crippen LogP contribution in [0.2, 0.25) is 0 Å². The van der Waals surface area contributed by atoms with Crippen molar-refractivity contribution in [1.29, 1.82) is 0 Å². The predicted molar refractivity (Wildman–Crippen MR) is 90.0 cm³/mol. The Morgan fingerprint density at radius 3 is 2.50 bits per heavy atom. The van der Waals surface area contributed by atoms with Crippen molar-refractivity contribution in [2.45, 2.75) is 27.7 Å². The molecule has 1 aromatic carbocycles. The number of benzene rings is 1. The van der Waals surface area contributed by atoms with Crippen molar-refractivity contribution in [2.24, 2.45) is 0 Å². The average Bonchev–Trinajstić information content (AvgIpc) is 2.42. The van der Waals surface area contributed by atoms with Gasteiger partial charge in [0.2, 0.25) is 5.91 Å². The number of nitrogens with one attached hydrogen (secondary N) is 2. The first-order valence-corrected chi connectivity index (χ1v) is 7.37. The lowest BCUT2D eigenvalue weighted by atomic mass is 10.1. The van der Waals surface area contributed by atoms with Gasteiger partial charge >= 0.3 is 6.03 Å². The number of carbonyl (C=O) groups is 2. The second kappa shape index (κ2) is 8.34. The highest BCUT2D eigenvalue weighted by Crippen LogP contribution is 2.17. The van der Waals surface area contributed by atoms with Crippen LogP contribution in [-0.4, -0.2) is 36.5 Å². The summed E-state index contributed by atoms with van der Waals surface area (Å²) in [5.74, 6) is -0.328. The number of imide groups is 1. The van der Waals surface area contributed by atoms with Crippen LogP contribution in [0.5, 0.6) is 0 Å². The van der Waals surface area contributed by atoms with Gasteiger partial charge in [-0.15, -0.1) is 0 Å². The minimum Gasteiger partial charge on any atom is -0.307 e. The Morgan fingerprint density at radius 2 is 1.91 bits per heavy atom. The van der Waals surface area contributed by atoms with Crippen LogP contribution in [0, 0.1) is 13.8 Å². The highest BCUT2D eigenvalue weighted by Gasteiger charge is 2.13. The monoisotopic (exact) mass is 303 g/mol. The van der Waals surface area contributed by atoms with Crippen LogP contribution in [0.1, 0.15) is 25.0 Å². The number of aryl methyl sites for hydroxylation is 1. The van der Waals surface area contributed by atoms with E-state index in [2.05, 4.69) is 17.2 Å². The molecule has 5 nitrogen and oxygen atoms in total. The Hall–Kier alpha value is -2.14. The van der Waals surface area contributed by atoms with Crippen molar-refractivity contribution >= 4 is 17.6 Å². The molecule has 0 aromatic heterocycles. The zero-order valence-electron chi connectivity index (χ0n) is 13.8. The molecule has 0 spiro atoms. The van der Waals surface area contributed by atoms with Crippen molar-refractivity contribution < 1.29 is 9.59 Å². The lowest BCUT2D eigenvalue weighted by molar-refractivity contribution is -0.120. The first-order chi connectivity index (χ1) is 10.3. The SMILES string of the molecule is C=C(C)CN(CC)CC(=O)NC(=O)Nc1cccc(C)c1C. The Bertz CT molecular complexity index is 567. The van der Waals surface area contributed by atoms with E-state index in [4.69, 9.17) is 0 Å². The number of hydrogen-bond donors (Lipinski definition) is 2. The van der Waals surface area contributed by atoms with Gasteiger partial charge in [-0.1, -0.05) is 31.2 Å². The number of urea groups is 1. The number of hydrogen-bond acceptors (Lipinski definition) is 3. The van der Waals surface area contributed by atoms with Gasteiger partial charge in [0.25, 0.3) is 0 Å². The summed E-state index contributed by atoms with van der Waals surface area (Å²) in [7, 11) is 0. The summed E-state index contributed by atoms with van der Waals surface area (Å²) < 4.78 is 0. The first kappa shape index (κ1) is 17.9. The van der Waals surface area contributed by atoms with Gasteiger partial charge in [-0.3, -0.25) is 15.0 Å². The highest BCUT2D eigenvalue weighted by atomic mass is 16.2. The highest BCUT2D eigenvalue weighted by molar-refractivity contribution is 6.02. The fourth-order valence-corrected chi connectivity index (χ4v) is 2.07. The van der Waals surface area contributed by atoms with E-state index in [1.54, 1.807) is 0 Å². The first-order valence-electron chi connectivity index (χ1n) is 7.37. The van der Waals surface area contributed by atoms with Crippen LogP contribution in [0.25, 0.3) is 0 Å². The van der Waals surface area contributed by atoms with Crippen LogP contribution >= 0.6 is 0 Å². The third-order valence-electron chi connectivity index (χ3n) is 3.41. The number of rotatable bonds is 6. The van der Waals surface area contributed by atoms with Gasteiger partial charge in [0, 0.05) is 12.2 Å². The number of amides is 3. The zero-order chi connectivity index (χ0) is 16.7. The molecule has 0 radical (unpaired) electrons. The van der Waals surface area contributed by atoms with Crippen LogP contribution < -0.4 is 10.6 Å². The molecule has 0 bridgehead atoms. The molecule has 5 heteroatoms. The fraction of sp³-hybridized carbons (Fsp3) is 0.412. The molecule has 0 heterocycles. The Morgan fingerprint density at radius 1 is 1.23 bits per heavy atom. The molecule has 0 atom stereocenters. The van der Waals surface area contributed by atoms with Crippen LogP contribution in [0.3, 0.4) is 0 Å². The van der Waals surface area contributed by atoms with Gasteiger partial charge in [-0.2, -0.15) is 0 Å². The fourth-order valence-electron chi connectivity index (χ4n) is 2.07. The molecule has 0 saturated heterocycles. The number of anilines is 1. The van der Waals surface area contributed by atoms with Crippen LogP contribution in [0.15, 0.2) is 30.4 Å². The van der Waals surface area contributed by atoms with E-state index in [1.807, 2.05) is 50.8 Å². The third-order valence-corrected chi connectivity index (χ3v) is 3.41. The molecule has 0 saturated carbocycles. The maximum Gasteiger partial charge on any atom is 0.325 e. The van der Waals surface area contributed by atoms with Gasteiger partial charge in [0.05, 0.1) is 6.54 Å². The second-order valence-corrected chi connectivity index (χ2v) is 5.51. The summed E-state index contributed by atoms with van der Waals surface area (Å²) in [5, 5.41) is 5.06. The Kier molecular flexibility index (Phi) is 6.79. The molecular formula is C17H25N3O2. The van der Waals surface area contributed by atoms with Crippen molar-refractivity contribution in [1.82, 2.24) is 10.2 Å². The summed E-state index contributed by atoms with van der Waals surface area (Å²) in [6, 6.07) is 5.14. The molecular weight excluding hydrogens is 278 g/mol. The lowest BCUT2D eigenvalue weighted by Crippen LogP contribution is -2.42. The van der Waals surface area contributed by atoms with Gasteiger partial charge in [0.15, 0.2) is 0 Å². The van der Waals surface area contributed by atoms with Crippen molar-refractivity contribution in [3.8, 4) is 0 Å². The quantitative estimate of drug-likeness (QED) is 0.794. The Labute approximate surface area is 132 Å². The largest absolute Gasteiger partial charge is 0.325 e. The maximum atomic E-state index is 11.9. The molecule has 0 fully saturated rings. The average molecular weight is 303 g/mol. The smallest absolute Gasteiger partial charge is 0.307 e. The van der Waals surface area contributed by atoms with Gasteiger partial charge in [-0.25, -0.2) is 4.79 Å². The van der Waals surface area contributed by atoms with Crippen LogP contribution in [-0.2, 0) is 4.79 Å².